The zero-order valence-electron chi connectivity index (χ0n) is 27.6. The van der Waals surface area contributed by atoms with Gasteiger partial charge in [-0.3, -0.25) is 9.59 Å². The zero-order chi connectivity index (χ0) is 30.1. The monoisotopic (exact) mass is 579 g/mol. The van der Waals surface area contributed by atoms with E-state index in [2.05, 4.69) is 19.1 Å². The van der Waals surface area contributed by atoms with E-state index in [0.717, 1.165) is 25.7 Å². The topological polar surface area (TPSA) is 63.6 Å². The van der Waals surface area contributed by atoms with Crippen LogP contribution >= 0.6 is 0 Å². The Kier molecular flexibility index (Phi) is 32.1. The van der Waals surface area contributed by atoms with E-state index >= 15 is 0 Å². The van der Waals surface area contributed by atoms with Crippen LogP contribution in [0.5, 0.6) is 0 Å². The van der Waals surface area contributed by atoms with Gasteiger partial charge in [-0.2, -0.15) is 0 Å². The Balaban J connectivity index is 3.31. The van der Waals surface area contributed by atoms with Gasteiger partial charge >= 0.3 is 11.9 Å². The lowest BCUT2D eigenvalue weighted by molar-refractivity contribution is -0.151. The number of carbonyl (C=O) groups excluding carboxylic acids is 1. The highest BCUT2D eigenvalue weighted by molar-refractivity contribution is 5.78. The van der Waals surface area contributed by atoms with Crippen molar-refractivity contribution >= 4 is 11.9 Å². The third kappa shape index (κ3) is 31.4. The van der Waals surface area contributed by atoms with Gasteiger partial charge in [0, 0.05) is 0 Å². The van der Waals surface area contributed by atoms with Crippen molar-refractivity contribution in [3.05, 3.63) is 12.2 Å². The van der Waals surface area contributed by atoms with Gasteiger partial charge in [0.2, 0.25) is 0 Å². The molecule has 242 valence electrons. The van der Waals surface area contributed by atoms with Gasteiger partial charge in [-0.1, -0.05) is 167 Å². The lowest BCUT2D eigenvalue weighted by Crippen LogP contribution is -2.19. The molecule has 0 heterocycles. The van der Waals surface area contributed by atoms with Crippen LogP contribution in [0, 0.1) is 5.92 Å². The van der Waals surface area contributed by atoms with Crippen molar-refractivity contribution in [2.45, 2.75) is 200 Å². The molecule has 0 spiro atoms. The van der Waals surface area contributed by atoms with Crippen molar-refractivity contribution in [3.63, 3.8) is 0 Å². The Morgan fingerprint density at radius 2 is 0.902 bits per heavy atom. The first-order valence-electron chi connectivity index (χ1n) is 18.1. The van der Waals surface area contributed by atoms with Crippen LogP contribution < -0.4 is 0 Å². The Morgan fingerprint density at radius 3 is 1.27 bits per heavy atom. The maximum Gasteiger partial charge on any atom is 0.307 e. The molecule has 41 heavy (non-hydrogen) atoms. The molecule has 0 aromatic heterocycles. The molecule has 0 fully saturated rings. The highest BCUT2D eigenvalue weighted by atomic mass is 16.5. The van der Waals surface area contributed by atoms with Crippen LogP contribution in [-0.2, 0) is 14.3 Å². The number of unbranched alkanes of at least 4 members (excludes halogenated alkanes) is 24. The molecule has 4 heteroatoms. The summed E-state index contributed by atoms with van der Waals surface area (Å²) in [4.78, 5) is 23.1. The molecular weight excluding hydrogens is 508 g/mol. The smallest absolute Gasteiger partial charge is 0.307 e. The highest BCUT2D eigenvalue weighted by Crippen LogP contribution is 2.18. The molecule has 0 saturated heterocycles. The number of hydrogen-bond donors (Lipinski definition) is 1. The zero-order valence-corrected chi connectivity index (χ0v) is 27.6. The maximum atomic E-state index is 11.7. The van der Waals surface area contributed by atoms with Gasteiger partial charge in [-0.15, -0.1) is 0 Å². The highest BCUT2D eigenvalue weighted by Gasteiger charge is 2.21. The van der Waals surface area contributed by atoms with E-state index in [4.69, 9.17) is 4.74 Å². The fourth-order valence-electron chi connectivity index (χ4n) is 5.55. The van der Waals surface area contributed by atoms with Crippen LogP contribution in [-0.4, -0.2) is 23.7 Å². The standard InChI is InChI=1S/C37H70O4/c1-3-5-6-7-8-9-10-11-12-13-14-15-16-17-18-19-20-21-22-23-24-25-26-27-28-29-30-31-32-35(37(39)40)34-36(38)41-33-4-2/h19-20,35H,3-18,21-34H2,1-2H3,(H,39,40)/b20-19+. The second kappa shape index (κ2) is 33.2. The summed E-state index contributed by atoms with van der Waals surface area (Å²) in [6.45, 7) is 4.60. The Labute approximate surface area is 255 Å². The van der Waals surface area contributed by atoms with Crippen LogP contribution in [0.4, 0.5) is 0 Å². The van der Waals surface area contributed by atoms with E-state index in [1.54, 1.807) is 0 Å². The molecule has 0 bridgehead atoms. The summed E-state index contributed by atoms with van der Waals surface area (Å²) >= 11 is 0. The van der Waals surface area contributed by atoms with Crippen molar-refractivity contribution in [1.82, 2.24) is 0 Å². The number of allylic oxidation sites excluding steroid dienone is 2. The lowest BCUT2D eigenvalue weighted by Gasteiger charge is -2.11. The Bertz CT molecular complexity index is 585. The Morgan fingerprint density at radius 1 is 0.537 bits per heavy atom. The minimum Gasteiger partial charge on any atom is -0.481 e. The van der Waals surface area contributed by atoms with Crippen molar-refractivity contribution in [2.24, 2.45) is 5.92 Å². The first-order valence-corrected chi connectivity index (χ1v) is 18.1. The van der Waals surface area contributed by atoms with Crippen molar-refractivity contribution in [2.75, 3.05) is 6.61 Å². The fraction of sp³-hybridized carbons (Fsp3) is 0.892. The molecule has 1 atom stereocenters. The van der Waals surface area contributed by atoms with Crippen LogP contribution in [0.2, 0.25) is 0 Å². The minimum absolute atomic E-state index is 0.00460. The molecule has 0 aliphatic rings. The third-order valence-electron chi connectivity index (χ3n) is 8.29. The van der Waals surface area contributed by atoms with Crippen LogP contribution in [0.25, 0.3) is 0 Å². The van der Waals surface area contributed by atoms with Crippen LogP contribution in [0.3, 0.4) is 0 Å². The molecule has 0 aliphatic heterocycles. The molecule has 0 amide bonds. The van der Waals surface area contributed by atoms with Gasteiger partial charge < -0.3 is 9.84 Å². The van der Waals surface area contributed by atoms with Gasteiger partial charge in [0.25, 0.3) is 0 Å². The second-order valence-electron chi connectivity index (χ2n) is 12.4. The first-order chi connectivity index (χ1) is 20.1. The normalized spacial score (nSPS) is 12.2. The third-order valence-corrected chi connectivity index (χ3v) is 8.29. The van der Waals surface area contributed by atoms with Crippen LogP contribution in [0.1, 0.15) is 200 Å². The SMILES string of the molecule is CCCCCCCCCCCCCCCC/C=C/CCCCCCCCCCCCC(CC(=O)OCCC)C(=O)O. The summed E-state index contributed by atoms with van der Waals surface area (Å²) in [7, 11) is 0. The Hall–Kier alpha value is -1.32. The number of carbonyl (C=O) groups is 2. The summed E-state index contributed by atoms with van der Waals surface area (Å²) in [6.07, 6.45) is 41.0. The van der Waals surface area contributed by atoms with Gasteiger partial charge in [-0.25, -0.2) is 0 Å². The van der Waals surface area contributed by atoms with E-state index in [1.807, 2.05) is 6.92 Å². The lowest BCUT2D eigenvalue weighted by atomic mass is 9.97. The number of esters is 1. The summed E-state index contributed by atoms with van der Waals surface area (Å²) in [5.74, 6) is -1.85. The van der Waals surface area contributed by atoms with Crippen LogP contribution in [0.15, 0.2) is 12.2 Å². The number of rotatable bonds is 33. The largest absolute Gasteiger partial charge is 0.481 e. The predicted octanol–water partition coefficient (Wildman–Crippen LogP) is 12.1. The number of carboxylic acid groups (broad SMARTS) is 1. The van der Waals surface area contributed by atoms with E-state index in [0.29, 0.717) is 13.0 Å². The van der Waals surface area contributed by atoms with E-state index < -0.39 is 11.9 Å². The molecule has 1 N–H and O–H groups in total. The fourth-order valence-corrected chi connectivity index (χ4v) is 5.55. The molecule has 4 nitrogen and oxygen atoms in total. The second-order valence-corrected chi connectivity index (χ2v) is 12.4. The summed E-state index contributed by atoms with van der Waals surface area (Å²) in [6, 6.07) is 0. The number of aliphatic carboxylic acids is 1. The number of carboxylic acids is 1. The predicted molar refractivity (Wildman–Crippen MR) is 176 cm³/mol. The summed E-state index contributed by atoms with van der Waals surface area (Å²) < 4.78 is 5.03. The minimum atomic E-state index is -0.876. The van der Waals surface area contributed by atoms with Gasteiger partial charge in [0.1, 0.15) is 0 Å². The molecule has 0 aromatic rings. The first kappa shape index (κ1) is 39.7. The summed E-state index contributed by atoms with van der Waals surface area (Å²) in [5.41, 5.74) is 0. The average Bonchev–Trinajstić information content (AvgIpc) is 2.96. The quantitative estimate of drug-likeness (QED) is 0.0478. The molecule has 0 radical (unpaired) electrons. The van der Waals surface area contributed by atoms with E-state index in [1.165, 1.54) is 148 Å². The molecule has 0 aliphatic carbocycles. The molecule has 0 saturated carbocycles. The number of ether oxygens (including phenoxy) is 1. The van der Waals surface area contributed by atoms with Crippen molar-refractivity contribution < 1.29 is 19.4 Å². The summed E-state index contributed by atoms with van der Waals surface area (Å²) in [5, 5.41) is 9.34. The van der Waals surface area contributed by atoms with Gasteiger partial charge in [0.05, 0.1) is 18.9 Å². The molecule has 1 unspecified atom stereocenters. The van der Waals surface area contributed by atoms with E-state index in [-0.39, 0.29) is 12.4 Å². The molecule has 0 rings (SSSR count). The maximum absolute atomic E-state index is 11.7. The average molecular weight is 579 g/mol. The molecule has 0 aromatic carbocycles. The van der Waals surface area contributed by atoms with Crippen molar-refractivity contribution in [3.8, 4) is 0 Å². The van der Waals surface area contributed by atoms with Gasteiger partial charge in [0.15, 0.2) is 0 Å². The molecular formula is C37H70O4. The van der Waals surface area contributed by atoms with Crippen molar-refractivity contribution in [1.29, 1.82) is 0 Å². The van der Waals surface area contributed by atoms with Gasteiger partial charge in [-0.05, 0) is 38.5 Å². The van der Waals surface area contributed by atoms with E-state index in [9.17, 15) is 14.7 Å². The number of hydrogen-bond acceptors (Lipinski definition) is 3.